The van der Waals surface area contributed by atoms with Crippen LogP contribution in [0.5, 0.6) is 0 Å². The van der Waals surface area contributed by atoms with Gasteiger partial charge >= 0.3 is 0 Å². The van der Waals surface area contributed by atoms with Gasteiger partial charge in [-0.15, -0.1) is 11.3 Å². The molecule has 0 unspecified atom stereocenters. The maximum atomic E-state index is 12.6. The van der Waals surface area contributed by atoms with E-state index >= 15 is 0 Å². The second kappa shape index (κ2) is 8.83. The molecule has 0 aliphatic carbocycles. The fraction of sp³-hybridized carbons (Fsp3) is 0.579. The van der Waals surface area contributed by atoms with Crippen molar-refractivity contribution in [2.24, 2.45) is 5.92 Å². The standard InChI is InChI=1S/C19H26N4O4S/c1-11(2)17(21-16(24)9-14-12(3)22-27-13(14)4)18-20-15(10-28-18)19(25)23-5-7-26-8-6-23/h10-11,17H,5-9H2,1-4H3,(H,21,24)/t17-/m0/s1. The second-order valence-corrected chi connectivity index (χ2v) is 8.13. The number of morpholine rings is 1. The third-order valence-electron chi connectivity index (χ3n) is 4.81. The number of carbonyl (C=O) groups excluding carboxylic acids is 2. The summed E-state index contributed by atoms with van der Waals surface area (Å²) in [6, 6.07) is -0.260. The van der Waals surface area contributed by atoms with Gasteiger partial charge < -0.3 is 19.5 Å². The quantitative estimate of drug-likeness (QED) is 0.790. The highest BCUT2D eigenvalue weighted by Gasteiger charge is 2.26. The Morgan fingerprint density at radius 1 is 1.29 bits per heavy atom. The van der Waals surface area contributed by atoms with Gasteiger partial charge in [0.15, 0.2) is 0 Å². The molecule has 0 radical (unpaired) electrons. The number of amides is 2. The van der Waals surface area contributed by atoms with Crippen molar-refractivity contribution in [1.29, 1.82) is 0 Å². The normalized spacial score (nSPS) is 15.7. The van der Waals surface area contributed by atoms with Crippen molar-refractivity contribution < 1.29 is 18.8 Å². The Kier molecular flexibility index (Phi) is 6.46. The summed E-state index contributed by atoms with van der Waals surface area (Å²) in [6.07, 6.45) is 0.204. The maximum Gasteiger partial charge on any atom is 0.273 e. The number of aromatic nitrogens is 2. The fourth-order valence-electron chi connectivity index (χ4n) is 3.11. The van der Waals surface area contributed by atoms with E-state index in [4.69, 9.17) is 9.26 Å². The molecule has 1 aliphatic rings. The molecule has 1 saturated heterocycles. The predicted molar refractivity (Wildman–Crippen MR) is 104 cm³/mol. The van der Waals surface area contributed by atoms with Crippen molar-refractivity contribution in [3.63, 3.8) is 0 Å². The van der Waals surface area contributed by atoms with Crippen LogP contribution in [0.1, 0.15) is 52.4 Å². The number of carbonyl (C=O) groups is 2. The molecule has 9 heteroatoms. The van der Waals surface area contributed by atoms with Crippen molar-refractivity contribution >= 4 is 23.2 Å². The van der Waals surface area contributed by atoms with E-state index in [-0.39, 0.29) is 30.2 Å². The molecular formula is C19H26N4O4S. The largest absolute Gasteiger partial charge is 0.378 e. The Morgan fingerprint density at radius 3 is 2.61 bits per heavy atom. The Balaban J connectivity index is 1.69. The van der Waals surface area contributed by atoms with Crippen LogP contribution in [0.2, 0.25) is 0 Å². The van der Waals surface area contributed by atoms with Crippen molar-refractivity contribution in [3.05, 3.63) is 33.1 Å². The lowest BCUT2D eigenvalue weighted by Crippen LogP contribution is -2.40. The molecule has 2 amide bonds. The van der Waals surface area contributed by atoms with E-state index in [1.54, 1.807) is 17.2 Å². The van der Waals surface area contributed by atoms with E-state index in [0.29, 0.717) is 37.8 Å². The average molecular weight is 407 g/mol. The summed E-state index contributed by atoms with van der Waals surface area (Å²) < 4.78 is 10.4. The summed E-state index contributed by atoms with van der Waals surface area (Å²) in [5, 5.41) is 9.45. The number of ether oxygens (including phenoxy) is 1. The lowest BCUT2D eigenvalue weighted by molar-refractivity contribution is -0.121. The monoisotopic (exact) mass is 406 g/mol. The van der Waals surface area contributed by atoms with Gasteiger partial charge in [-0.1, -0.05) is 19.0 Å². The van der Waals surface area contributed by atoms with Crippen LogP contribution in [0.4, 0.5) is 0 Å². The summed E-state index contributed by atoms with van der Waals surface area (Å²) in [4.78, 5) is 31.5. The molecule has 1 atom stereocenters. The Bertz CT molecular complexity index is 819. The molecule has 2 aromatic rings. The van der Waals surface area contributed by atoms with Gasteiger partial charge in [-0.05, 0) is 19.8 Å². The highest BCUT2D eigenvalue weighted by molar-refractivity contribution is 7.09. The molecule has 8 nitrogen and oxygen atoms in total. The molecular weight excluding hydrogens is 380 g/mol. The molecule has 1 fully saturated rings. The van der Waals surface area contributed by atoms with Crippen LogP contribution in [0.3, 0.4) is 0 Å². The van der Waals surface area contributed by atoms with Gasteiger partial charge in [0.25, 0.3) is 5.91 Å². The zero-order valence-electron chi connectivity index (χ0n) is 16.7. The van der Waals surface area contributed by atoms with Crippen LogP contribution in [-0.2, 0) is 16.0 Å². The van der Waals surface area contributed by atoms with Gasteiger partial charge in [-0.3, -0.25) is 9.59 Å². The van der Waals surface area contributed by atoms with E-state index in [2.05, 4.69) is 15.5 Å². The molecule has 3 heterocycles. The lowest BCUT2D eigenvalue weighted by atomic mass is 10.0. The summed E-state index contributed by atoms with van der Waals surface area (Å²) in [5.41, 5.74) is 1.95. The van der Waals surface area contributed by atoms with E-state index in [1.165, 1.54) is 11.3 Å². The van der Waals surface area contributed by atoms with Gasteiger partial charge in [-0.25, -0.2) is 4.98 Å². The number of rotatable bonds is 6. The number of thiazole rings is 1. The Hall–Kier alpha value is -2.26. The van der Waals surface area contributed by atoms with Crippen molar-refractivity contribution in [2.45, 2.75) is 40.2 Å². The smallest absolute Gasteiger partial charge is 0.273 e. The zero-order valence-corrected chi connectivity index (χ0v) is 17.5. The highest BCUT2D eigenvalue weighted by Crippen LogP contribution is 2.26. The average Bonchev–Trinajstić information content (AvgIpc) is 3.28. The molecule has 152 valence electrons. The fourth-order valence-corrected chi connectivity index (χ4v) is 4.12. The maximum absolute atomic E-state index is 12.6. The van der Waals surface area contributed by atoms with Crippen molar-refractivity contribution in [3.8, 4) is 0 Å². The number of hydrogen-bond acceptors (Lipinski definition) is 7. The van der Waals surface area contributed by atoms with E-state index in [1.807, 2.05) is 20.8 Å². The Labute approximate surface area is 168 Å². The van der Waals surface area contributed by atoms with Crippen LogP contribution >= 0.6 is 11.3 Å². The van der Waals surface area contributed by atoms with Crippen LogP contribution < -0.4 is 5.32 Å². The van der Waals surface area contributed by atoms with E-state index in [9.17, 15) is 9.59 Å². The minimum atomic E-state index is -0.260. The summed E-state index contributed by atoms with van der Waals surface area (Å²) >= 11 is 1.40. The molecule has 0 spiro atoms. The van der Waals surface area contributed by atoms with Gasteiger partial charge in [0, 0.05) is 24.0 Å². The van der Waals surface area contributed by atoms with Gasteiger partial charge in [0.2, 0.25) is 5.91 Å². The first kappa shape index (κ1) is 20.5. The lowest BCUT2D eigenvalue weighted by Gasteiger charge is -2.26. The summed E-state index contributed by atoms with van der Waals surface area (Å²) in [7, 11) is 0. The number of aryl methyl sites for hydroxylation is 2. The summed E-state index contributed by atoms with van der Waals surface area (Å²) in [5.74, 6) is 0.576. The van der Waals surface area contributed by atoms with Crippen molar-refractivity contribution in [2.75, 3.05) is 26.3 Å². The van der Waals surface area contributed by atoms with Crippen LogP contribution in [0, 0.1) is 19.8 Å². The molecule has 0 bridgehead atoms. The number of hydrogen-bond donors (Lipinski definition) is 1. The highest BCUT2D eigenvalue weighted by atomic mass is 32.1. The van der Waals surface area contributed by atoms with Crippen LogP contribution in [0.15, 0.2) is 9.90 Å². The predicted octanol–water partition coefficient (Wildman–Crippen LogP) is 2.28. The molecule has 0 aromatic carbocycles. The van der Waals surface area contributed by atoms with E-state index < -0.39 is 0 Å². The van der Waals surface area contributed by atoms with Gasteiger partial charge in [-0.2, -0.15) is 0 Å². The zero-order chi connectivity index (χ0) is 20.3. The molecule has 2 aromatic heterocycles. The van der Waals surface area contributed by atoms with Gasteiger partial charge in [0.05, 0.1) is 31.4 Å². The first-order valence-electron chi connectivity index (χ1n) is 9.40. The van der Waals surface area contributed by atoms with Crippen molar-refractivity contribution in [1.82, 2.24) is 20.4 Å². The molecule has 3 rings (SSSR count). The van der Waals surface area contributed by atoms with E-state index in [0.717, 1.165) is 16.3 Å². The SMILES string of the molecule is Cc1noc(C)c1CC(=O)N[C@H](c1nc(C(=O)N2CCOCC2)cs1)C(C)C. The molecule has 1 N–H and O–H groups in total. The third-order valence-corrected chi connectivity index (χ3v) is 5.73. The second-order valence-electron chi connectivity index (χ2n) is 7.24. The van der Waals surface area contributed by atoms with Crippen LogP contribution in [-0.4, -0.2) is 53.2 Å². The topological polar surface area (TPSA) is 97.6 Å². The molecule has 28 heavy (non-hydrogen) atoms. The Morgan fingerprint density at radius 2 is 2.00 bits per heavy atom. The number of nitrogens with one attached hydrogen (secondary N) is 1. The first-order chi connectivity index (χ1) is 13.4. The first-order valence-corrected chi connectivity index (χ1v) is 10.3. The van der Waals surface area contributed by atoms with Crippen LogP contribution in [0.25, 0.3) is 0 Å². The minimum Gasteiger partial charge on any atom is -0.378 e. The molecule has 0 saturated carbocycles. The van der Waals surface area contributed by atoms with Gasteiger partial charge in [0.1, 0.15) is 16.5 Å². The number of nitrogens with zero attached hydrogens (tertiary/aromatic N) is 3. The summed E-state index contributed by atoms with van der Waals surface area (Å²) in [6.45, 7) is 9.92. The third kappa shape index (κ3) is 4.59. The molecule has 1 aliphatic heterocycles. The minimum absolute atomic E-state index is 0.0876.